The first-order valence-electron chi connectivity index (χ1n) is 9.59. The van der Waals surface area contributed by atoms with Crippen molar-refractivity contribution < 1.29 is 14.4 Å². The number of carbonyl (C=O) groups excluding carboxylic acids is 3. The Hall–Kier alpha value is -3.39. The average molecular weight is 393 g/mol. The zero-order valence-electron chi connectivity index (χ0n) is 15.7. The van der Waals surface area contributed by atoms with E-state index < -0.39 is 24.3 Å². The lowest BCUT2D eigenvalue weighted by Crippen LogP contribution is -2.72. The molecular weight excluding hydrogens is 370 g/mol. The van der Waals surface area contributed by atoms with E-state index in [9.17, 15) is 14.4 Å². The fourth-order valence-corrected chi connectivity index (χ4v) is 3.77. The first kappa shape index (κ1) is 18.9. The number of fused-ring (bicyclic) bond motifs is 1. The summed E-state index contributed by atoms with van der Waals surface area (Å²) in [5.41, 5.74) is 1.78. The second kappa shape index (κ2) is 8.32. The lowest BCUT2D eigenvalue weighted by molar-refractivity contribution is -0.146. The minimum Gasteiger partial charge on any atom is -0.353 e. The van der Waals surface area contributed by atoms with Gasteiger partial charge in [0.1, 0.15) is 0 Å². The van der Waals surface area contributed by atoms with Crippen LogP contribution in [0.25, 0.3) is 0 Å². The van der Waals surface area contributed by atoms with Crippen molar-refractivity contribution in [3.8, 4) is 0 Å². The Morgan fingerprint density at radius 2 is 1.66 bits per heavy atom. The molecule has 2 aromatic rings. The Bertz CT molecular complexity index is 890. The molecule has 0 spiro atoms. The van der Waals surface area contributed by atoms with E-state index in [-0.39, 0.29) is 24.1 Å². The highest BCUT2D eigenvalue weighted by Crippen LogP contribution is 2.27. The topological polar surface area (TPSA) is 111 Å². The Kier molecular flexibility index (Phi) is 5.44. The van der Waals surface area contributed by atoms with Crippen LogP contribution in [-0.2, 0) is 20.9 Å². The maximum absolute atomic E-state index is 12.8. The van der Waals surface area contributed by atoms with Crippen molar-refractivity contribution in [3.63, 3.8) is 0 Å². The monoisotopic (exact) mass is 393 g/mol. The van der Waals surface area contributed by atoms with E-state index in [0.29, 0.717) is 6.54 Å². The van der Waals surface area contributed by atoms with E-state index in [1.54, 1.807) is 0 Å². The van der Waals surface area contributed by atoms with Crippen molar-refractivity contribution in [1.82, 2.24) is 21.3 Å². The van der Waals surface area contributed by atoms with Crippen LogP contribution in [0.3, 0.4) is 0 Å². The molecule has 4 unspecified atom stereocenters. The number of amides is 3. The number of piperidine rings is 1. The van der Waals surface area contributed by atoms with E-state index in [1.165, 1.54) is 0 Å². The molecule has 0 radical (unpaired) electrons. The van der Waals surface area contributed by atoms with Crippen LogP contribution in [0, 0.1) is 11.8 Å². The third-order valence-corrected chi connectivity index (χ3v) is 5.18. The van der Waals surface area contributed by atoms with Gasteiger partial charge >= 0.3 is 0 Å². The van der Waals surface area contributed by atoms with Crippen LogP contribution in [0.4, 0.5) is 5.69 Å². The number of nitrogens with one attached hydrogen (secondary N) is 5. The summed E-state index contributed by atoms with van der Waals surface area (Å²) in [5, 5.41) is 14.8. The van der Waals surface area contributed by atoms with Gasteiger partial charge in [0, 0.05) is 18.7 Å². The van der Waals surface area contributed by atoms with Gasteiger partial charge in [-0.15, -0.1) is 0 Å². The standard InChI is InChI=1S/C21H23N5O3/c27-16-11-15(19(28)22-12-13-7-3-1-4-8-13)17-18(24-16)25-21(26-20(17)29)23-14-9-5-2-6-10-14/h1-10,15,17-18,21,23,25H,11-12H2,(H,22,28)(H,24,27)(H,26,29). The van der Waals surface area contributed by atoms with Crippen molar-refractivity contribution in [2.24, 2.45) is 11.8 Å². The van der Waals surface area contributed by atoms with Crippen LogP contribution in [0.5, 0.6) is 0 Å². The summed E-state index contributed by atoms with van der Waals surface area (Å²) in [7, 11) is 0. The predicted octanol–water partition coefficient (Wildman–Crippen LogP) is 0.496. The van der Waals surface area contributed by atoms with E-state index in [1.807, 2.05) is 60.7 Å². The normalized spacial score (nSPS) is 25.9. The van der Waals surface area contributed by atoms with Gasteiger partial charge in [-0.2, -0.15) is 0 Å². The summed E-state index contributed by atoms with van der Waals surface area (Å²) in [6, 6.07) is 18.9. The van der Waals surface area contributed by atoms with Crippen LogP contribution < -0.4 is 26.6 Å². The molecule has 0 aromatic heterocycles. The molecule has 8 nitrogen and oxygen atoms in total. The highest BCUT2D eigenvalue weighted by atomic mass is 16.2. The minimum atomic E-state index is -0.734. The summed E-state index contributed by atoms with van der Waals surface area (Å²) in [6.07, 6.45) is -1.20. The molecule has 4 atom stereocenters. The van der Waals surface area contributed by atoms with E-state index in [2.05, 4.69) is 26.6 Å². The van der Waals surface area contributed by atoms with Crippen LogP contribution in [-0.4, -0.2) is 30.2 Å². The lowest BCUT2D eigenvalue weighted by Gasteiger charge is -2.43. The number of hydrogen-bond donors (Lipinski definition) is 5. The molecule has 150 valence electrons. The Morgan fingerprint density at radius 1 is 0.966 bits per heavy atom. The minimum absolute atomic E-state index is 0.0202. The molecule has 2 aliphatic rings. The third-order valence-electron chi connectivity index (χ3n) is 5.18. The van der Waals surface area contributed by atoms with Gasteiger partial charge in [0.15, 0.2) is 6.29 Å². The van der Waals surface area contributed by atoms with Crippen molar-refractivity contribution in [1.29, 1.82) is 0 Å². The van der Waals surface area contributed by atoms with Gasteiger partial charge in [-0.1, -0.05) is 48.5 Å². The number of benzene rings is 2. The Labute approximate surface area is 168 Å². The summed E-state index contributed by atoms with van der Waals surface area (Å²) in [5.74, 6) is -2.25. The summed E-state index contributed by atoms with van der Waals surface area (Å²) in [6.45, 7) is 0.350. The zero-order valence-corrected chi connectivity index (χ0v) is 15.7. The first-order valence-corrected chi connectivity index (χ1v) is 9.59. The van der Waals surface area contributed by atoms with Crippen LogP contribution >= 0.6 is 0 Å². The fourth-order valence-electron chi connectivity index (χ4n) is 3.77. The Morgan fingerprint density at radius 3 is 2.38 bits per heavy atom. The van der Waals surface area contributed by atoms with Crippen molar-refractivity contribution >= 4 is 23.4 Å². The van der Waals surface area contributed by atoms with Gasteiger partial charge in [-0.3, -0.25) is 19.7 Å². The molecule has 2 heterocycles. The van der Waals surface area contributed by atoms with Gasteiger partial charge in [-0.05, 0) is 17.7 Å². The largest absolute Gasteiger partial charge is 0.353 e. The van der Waals surface area contributed by atoms with Crippen LogP contribution in [0.15, 0.2) is 60.7 Å². The maximum Gasteiger partial charge on any atom is 0.229 e. The molecule has 2 fully saturated rings. The van der Waals surface area contributed by atoms with Gasteiger partial charge in [-0.25, -0.2) is 0 Å². The highest BCUT2D eigenvalue weighted by molar-refractivity contribution is 5.94. The third kappa shape index (κ3) is 4.38. The molecule has 5 N–H and O–H groups in total. The molecule has 8 heteroatoms. The second-order valence-electron chi connectivity index (χ2n) is 7.20. The fraction of sp³-hybridized carbons (Fsp3) is 0.286. The Balaban J connectivity index is 1.43. The second-order valence-corrected chi connectivity index (χ2v) is 7.20. The lowest BCUT2D eigenvalue weighted by atomic mass is 9.81. The van der Waals surface area contributed by atoms with E-state index in [0.717, 1.165) is 11.3 Å². The van der Waals surface area contributed by atoms with Crippen LogP contribution in [0.1, 0.15) is 12.0 Å². The van der Waals surface area contributed by atoms with E-state index >= 15 is 0 Å². The van der Waals surface area contributed by atoms with Crippen molar-refractivity contribution in [2.45, 2.75) is 25.4 Å². The number of hydrogen-bond acceptors (Lipinski definition) is 5. The molecule has 2 aliphatic heterocycles. The smallest absolute Gasteiger partial charge is 0.229 e. The molecule has 2 aromatic carbocycles. The van der Waals surface area contributed by atoms with Gasteiger partial charge < -0.3 is 21.3 Å². The van der Waals surface area contributed by atoms with Gasteiger partial charge in [0.05, 0.1) is 18.0 Å². The number of rotatable bonds is 5. The number of anilines is 1. The number of para-hydroxylation sites is 1. The summed E-state index contributed by atoms with van der Waals surface area (Å²) >= 11 is 0. The summed E-state index contributed by atoms with van der Waals surface area (Å²) < 4.78 is 0. The molecule has 0 aliphatic carbocycles. The molecule has 0 bridgehead atoms. The van der Waals surface area contributed by atoms with Gasteiger partial charge in [0.2, 0.25) is 17.7 Å². The first-order chi connectivity index (χ1) is 14.1. The highest BCUT2D eigenvalue weighted by Gasteiger charge is 2.48. The summed E-state index contributed by atoms with van der Waals surface area (Å²) in [4.78, 5) is 37.8. The molecule has 29 heavy (non-hydrogen) atoms. The molecule has 3 amide bonds. The van der Waals surface area contributed by atoms with E-state index in [4.69, 9.17) is 0 Å². The average Bonchev–Trinajstić information content (AvgIpc) is 2.72. The zero-order chi connectivity index (χ0) is 20.2. The predicted molar refractivity (Wildman–Crippen MR) is 107 cm³/mol. The molecule has 4 rings (SSSR count). The maximum atomic E-state index is 12.8. The molecule has 0 saturated carbocycles. The van der Waals surface area contributed by atoms with Crippen molar-refractivity contribution in [2.75, 3.05) is 5.32 Å². The van der Waals surface area contributed by atoms with Crippen LogP contribution in [0.2, 0.25) is 0 Å². The number of carbonyl (C=O) groups is 3. The quantitative estimate of drug-likeness (QED) is 0.508. The van der Waals surface area contributed by atoms with Crippen molar-refractivity contribution in [3.05, 3.63) is 66.2 Å². The molecule has 2 saturated heterocycles. The van der Waals surface area contributed by atoms with Gasteiger partial charge in [0.25, 0.3) is 0 Å². The SMILES string of the molecule is O=C1CC(C(=O)NCc2ccccc2)C2C(=O)NC(Nc3ccccc3)NC2N1. The molecular formula is C21H23N5O3.